The van der Waals surface area contributed by atoms with E-state index in [-0.39, 0.29) is 18.6 Å². The van der Waals surface area contributed by atoms with E-state index >= 15 is 0 Å². The smallest absolute Gasteiger partial charge is 0.244 e. The predicted molar refractivity (Wildman–Crippen MR) is 97.4 cm³/mol. The fraction of sp³-hybridized carbons (Fsp3) is 0.500. The van der Waals surface area contributed by atoms with E-state index in [0.29, 0.717) is 11.5 Å². The quantitative estimate of drug-likeness (QED) is 0.797. The summed E-state index contributed by atoms with van der Waals surface area (Å²) in [6, 6.07) is 7.56. The van der Waals surface area contributed by atoms with Gasteiger partial charge in [-0.25, -0.2) is 0 Å². The number of amides is 1. The van der Waals surface area contributed by atoms with Crippen molar-refractivity contribution in [2.24, 2.45) is 0 Å². The molecule has 0 atom stereocenters. The van der Waals surface area contributed by atoms with Crippen LogP contribution in [0.2, 0.25) is 0 Å². The second-order valence-corrected chi connectivity index (χ2v) is 6.24. The van der Waals surface area contributed by atoms with Gasteiger partial charge in [-0.2, -0.15) is 5.26 Å². The molecular formula is C20H26N2O3. The van der Waals surface area contributed by atoms with Crippen molar-refractivity contribution in [2.75, 3.05) is 13.7 Å². The molecule has 134 valence electrons. The van der Waals surface area contributed by atoms with Crippen LogP contribution in [0.25, 0.3) is 6.08 Å². The van der Waals surface area contributed by atoms with Crippen LogP contribution in [0.1, 0.15) is 50.5 Å². The maximum atomic E-state index is 12.2. The highest BCUT2D eigenvalue weighted by atomic mass is 16.5. The first kappa shape index (κ1) is 18.9. The third-order valence-electron chi connectivity index (χ3n) is 4.36. The van der Waals surface area contributed by atoms with Gasteiger partial charge in [0.05, 0.1) is 7.11 Å². The van der Waals surface area contributed by atoms with Crippen molar-refractivity contribution < 1.29 is 14.3 Å². The number of nitriles is 1. The molecule has 1 saturated carbocycles. The molecule has 1 N–H and O–H groups in total. The molecule has 0 aromatic heterocycles. The molecule has 5 nitrogen and oxygen atoms in total. The molecule has 1 aromatic carbocycles. The van der Waals surface area contributed by atoms with Crippen molar-refractivity contribution in [1.29, 1.82) is 5.26 Å². The molecule has 1 amide bonds. The summed E-state index contributed by atoms with van der Waals surface area (Å²) in [5.74, 6) is 0.993. The second-order valence-electron chi connectivity index (χ2n) is 6.24. The number of carbonyl (C=O) groups is 1. The van der Waals surface area contributed by atoms with Gasteiger partial charge in [0, 0.05) is 12.1 Å². The lowest BCUT2D eigenvalue weighted by Crippen LogP contribution is -2.34. The minimum absolute atomic E-state index is 0.0324. The van der Waals surface area contributed by atoms with Gasteiger partial charge in [-0.3, -0.25) is 4.79 Å². The summed E-state index contributed by atoms with van der Waals surface area (Å²) in [5, 5.41) is 11.7. The van der Waals surface area contributed by atoms with E-state index in [1.54, 1.807) is 31.4 Å². The average Bonchev–Trinajstić information content (AvgIpc) is 2.60. The fourth-order valence-corrected chi connectivity index (χ4v) is 3.04. The zero-order chi connectivity index (χ0) is 17.9. The summed E-state index contributed by atoms with van der Waals surface area (Å²) in [5.41, 5.74) is 0.842. The van der Waals surface area contributed by atoms with Crippen molar-refractivity contribution >= 4 is 12.0 Å². The Balaban J connectivity index is 1.93. The number of carbonyl (C=O) groups excluding carboxylic acids is 1. The monoisotopic (exact) mass is 342 g/mol. The van der Waals surface area contributed by atoms with E-state index in [1.165, 1.54) is 32.1 Å². The van der Waals surface area contributed by atoms with Crippen molar-refractivity contribution in [3.8, 4) is 17.6 Å². The van der Waals surface area contributed by atoms with E-state index in [2.05, 4.69) is 5.32 Å². The molecule has 0 bridgehead atoms. The van der Waals surface area contributed by atoms with Gasteiger partial charge in [0.2, 0.25) is 5.91 Å². The van der Waals surface area contributed by atoms with Gasteiger partial charge in [0.15, 0.2) is 18.1 Å². The SMILES string of the molecule is COc1cc(/C=C/C(=O)NC2CCCCCCC2)ccc1OCC#N. The Morgan fingerprint density at radius 2 is 1.96 bits per heavy atom. The van der Waals surface area contributed by atoms with Crippen molar-refractivity contribution in [1.82, 2.24) is 5.32 Å². The zero-order valence-corrected chi connectivity index (χ0v) is 14.8. The third-order valence-corrected chi connectivity index (χ3v) is 4.36. The van der Waals surface area contributed by atoms with Gasteiger partial charge in [-0.05, 0) is 36.6 Å². The fourth-order valence-electron chi connectivity index (χ4n) is 3.04. The molecule has 0 radical (unpaired) electrons. The van der Waals surface area contributed by atoms with Gasteiger partial charge in [0.1, 0.15) is 6.07 Å². The topological polar surface area (TPSA) is 71.3 Å². The number of hydrogen-bond acceptors (Lipinski definition) is 4. The molecule has 25 heavy (non-hydrogen) atoms. The standard InChI is InChI=1S/C20H26N2O3/c1-24-19-15-16(9-11-18(19)25-14-13-21)10-12-20(23)22-17-7-5-3-2-4-6-8-17/h9-12,15,17H,2-8,14H2,1H3,(H,22,23)/b12-10+. The molecule has 0 unspecified atom stereocenters. The van der Waals surface area contributed by atoms with Gasteiger partial charge in [0.25, 0.3) is 0 Å². The largest absolute Gasteiger partial charge is 0.493 e. The van der Waals surface area contributed by atoms with E-state index in [4.69, 9.17) is 14.7 Å². The van der Waals surface area contributed by atoms with Crippen LogP contribution in [-0.2, 0) is 4.79 Å². The number of benzene rings is 1. The summed E-state index contributed by atoms with van der Waals surface area (Å²) >= 11 is 0. The number of nitrogens with zero attached hydrogens (tertiary/aromatic N) is 1. The Morgan fingerprint density at radius 3 is 2.64 bits per heavy atom. The highest BCUT2D eigenvalue weighted by Gasteiger charge is 2.12. The first-order chi connectivity index (χ1) is 12.2. The molecule has 0 spiro atoms. The average molecular weight is 342 g/mol. The lowest BCUT2D eigenvalue weighted by molar-refractivity contribution is -0.117. The van der Waals surface area contributed by atoms with Crippen LogP contribution < -0.4 is 14.8 Å². The van der Waals surface area contributed by atoms with Crippen LogP contribution >= 0.6 is 0 Å². The number of rotatable bonds is 6. The molecule has 1 aliphatic rings. The maximum absolute atomic E-state index is 12.2. The van der Waals surface area contributed by atoms with Crippen molar-refractivity contribution in [3.63, 3.8) is 0 Å². The van der Waals surface area contributed by atoms with Gasteiger partial charge in [-0.15, -0.1) is 0 Å². The summed E-state index contributed by atoms with van der Waals surface area (Å²) in [7, 11) is 1.55. The molecule has 1 fully saturated rings. The lowest BCUT2D eigenvalue weighted by Gasteiger charge is -2.20. The second kappa shape index (κ2) is 10.4. The number of nitrogens with one attached hydrogen (secondary N) is 1. The molecule has 2 rings (SSSR count). The summed E-state index contributed by atoms with van der Waals surface area (Å²) in [6.45, 7) is -0.0324. The summed E-state index contributed by atoms with van der Waals surface area (Å²) in [6.07, 6.45) is 11.7. The van der Waals surface area contributed by atoms with Crippen LogP contribution in [-0.4, -0.2) is 25.7 Å². The van der Waals surface area contributed by atoms with E-state index in [9.17, 15) is 4.79 Å². The lowest BCUT2D eigenvalue weighted by atomic mass is 9.97. The highest BCUT2D eigenvalue weighted by molar-refractivity contribution is 5.92. The van der Waals surface area contributed by atoms with Gasteiger partial charge >= 0.3 is 0 Å². The number of hydrogen-bond donors (Lipinski definition) is 1. The molecule has 1 aliphatic carbocycles. The van der Waals surface area contributed by atoms with Gasteiger partial charge < -0.3 is 14.8 Å². The van der Waals surface area contributed by atoms with E-state index in [1.807, 2.05) is 12.1 Å². The van der Waals surface area contributed by atoms with Crippen LogP contribution in [0.4, 0.5) is 0 Å². The number of methoxy groups -OCH3 is 1. The number of ether oxygens (including phenoxy) is 2. The molecule has 0 heterocycles. The highest BCUT2D eigenvalue weighted by Crippen LogP contribution is 2.28. The Bertz CT molecular complexity index is 626. The maximum Gasteiger partial charge on any atom is 0.244 e. The molecule has 1 aromatic rings. The minimum Gasteiger partial charge on any atom is -0.493 e. The molecule has 5 heteroatoms. The van der Waals surface area contributed by atoms with Crippen LogP contribution in [0.15, 0.2) is 24.3 Å². The Kier molecular flexibility index (Phi) is 7.84. The predicted octanol–water partition coefficient (Wildman–Crippen LogP) is 3.84. The Labute approximate surface area is 149 Å². The van der Waals surface area contributed by atoms with E-state index in [0.717, 1.165) is 18.4 Å². The summed E-state index contributed by atoms with van der Waals surface area (Å²) < 4.78 is 10.6. The van der Waals surface area contributed by atoms with Gasteiger partial charge in [-0.1, -0.05) is 38.2 Å². The minimum atomic E-state index is -0.0608. The first-order valence-corrected chi connectivity index (χ1v) is 8.89. The van der Waals surface area contributed by atoms with Crippen LogP contribution in [0, 0.1) is 11.3 Å². The molecular weight excluding hydrogens is 316 g/mol. The first-order valence-electron chi connectivity index (χ1n) is 8.89. The molecule has 0 aliphatic heterocycles. The van der Waals surface area contributed by atoms with Crippen molar-refractivity contribution in [3.05, 3.63) is 29.8 Å². The summed E-state index contributed by atoms with van der Waals surface area (Å²) in [4.78, 5) is 12.2. The molecule has 0 saturated heterocycles. The van der Waals surface area contributed by atoms with Crippen LogP contribution in [0.5, 0.6) is 11.5 Å². The van der Waals surface area contributed by atoms with Crippen LogP contribution in [0.3, 0.4) is 0 Å². The Hall–Kier alpha value is -2.48. The third kappa shape index (κ3) is 6.50. The van der Waals surface area contributed by atoms with E-state index < -0.39 is 0 Å². The Morgan fingerprint density at radius 1 is 1.24 bits per heavy atom. The normalized spacial score (nSPS) is 15.8. The van der Waals surface area contributed by atoms with Crippen molar-refractivity contribution in [2.45, 2.75) is 51.0 Å². The zero-order valence-electron chi connectivity index (χ0n) is 14.8.